The van der Waals surface area contributed by atoms with E-state index in [1.54, 1.807) is 36.5 Å². The van der Waals surface area contributed by atoms with E-state index in [0.29, 0.717) is 11.3 Å². The van der Waals surface area contributed by atoms with Gasteiger partial charge in [0.1, 0.15) is 5.75 Å². The van der Waals surface area contributed by atoms with Crippen LogP contribution >= 0.6 is 0 Å². The van der Waals surface area contributed by atoms with Gasteiger partial charge in [0.05, 0.1) is 11.8 Å². The van der Waals surface area contributed by atoms with Crippen molar-refractivity contribution in [3.05, 3.63) is 77.9 Å². The summed E-state index contributed by atoms with van der Waals surface area (Å²) in [5.74, 6) is 0.127. The maximum atomic E-state index is 12.6. The summed E-state index contributed by atoms with van der Waals surface area (Å²) in [4.78, 5) is 24.7. The van der Waals surface area contributed by atoms with E-state index in [1.807, 2.05) is 36.4 Å². The molecule has 1 amide bonds. The van der Waals surface area contributed by atoms with Crippen LogP contribution in [0, 0.1) is 5.92 Å². The molecule has 3 aromatic rings. The topological polar surface area (TPSA) is 67.8 Å². The SMILES string of the molecule is O=C(Oc1ccc(/C=N/NC(=O)C2CCCCC2)cc1)c1cccc2ccccc12. The van der Waals surface area contributed by atoms with Crippen molar-refractivity contribution in [2.45, 2.75) is 32.1 Å². The Bertz CT molecular complexity index is 1060. The molecule has 0 unspecified atom stereocenters. The van der Waals surface area contributed by atoms with Crippen LogP contribution < -0.4 is 10.2 Å². The van der Waals surface area contributed by atoms with E-state index in [2.05, 4.69) is 10.5 Å². The highest BCUT2D eigenvalue weighted by Crippen LogP contribution is 2.23. The second-order valence-electron chi connectivity index (χ2n) is 7.55. The second-order valence-corrected chi connectivity index (χ2v) is 7.55. The molecule has 4 rings (SSSR count). The van der Waals surface area contributed by atoms with Gasteiger partial charge in [0.15, 0.2) is 0 Å². The highest BCUT2D eigenvalue weighted by Gasteiger charge is 2.20. The van der Waals surface area contributed by atoms with Crippen molar-refractivity contribution < 1.29 is 14.3 Å². The Morgan fingerprint density at radius 2 is 1.63 bits per heavy atom. The summed E-state index contributed by atoms with van der Waals surface area (Å²) in [5.41, 5.74) is 3.97. The molecule has 1 aliphatic rings. The minimum Gasteiger partial charge on any atom is -0.423 e. The number of esters is 1. The maximum absolute atomic E-state index is 12.6. The average molecular weight is 400 g/mol. The molecular formula is C25H24N2O3. The molecule has 0 radical (unpaired) electrons. The number of nitrogens with one attached hydrogen (secondary N) is 1. The van der Waals surface area contributed by atoms with Crippen molar-refractivity contribution in [1.82, 2.24) is 5.43 Å². The average Bonchev–Trinajstić information content (AvgIpc) is 2.80. The highest BCUT2D eigenvalue weighted by molar-refractivity contribution is 6.05. The number of amides is 1. The number of nitrogens with zero attached hydrogens (tertiary/aromatic N) is 1. The lowest BCUT2D eigenvalue weighted by Crippen LogP contribution is -2.28. The molecule has 5 heteroatoms. The Morgan fingerprint density at radius 3 is 2.43 bits per heavy atom. The van der Waals surface area contributed by atoms with Gasteiger partial charge in [0.2, 0.25) is 5.91 Å². The van der Waals surface area contributed by atoms with Crippen LogP contribution in [0.4, 0.5) is 0 Å². The molecule has 0 aliphatic heterocycles. The first-order valence-electron chi connectivity index (χ1n) is 10.3. The van der Waals surface area contributed by atoms with Crippen LogP contribution in [0.25, 0.3) is 10.8 Å². The number of ether oxygens (including phenoxy) is 1. The third-order valence-electron chi connectivity index (χ3n) is 5.46. The van der Waals surface area contributed by atoms with Crippen LogP contribution in [-0.4, -0.2) is 18.1 Å². The summed E-state index contributed by atoms with van der Waals surface area (Å²) in [6.45, 7) is 0. The number of hydrogen-bond acceptors (Lipinski definition) is 4. The van der Waals surface area contributed by atoms with Crippen molar-refractivity contribution in [2.75, 3.05) is 0 Å². The van der Waals surface area contributed by atoms with Crippen LogP contribution in [0.15, 0.2) is 71.8 Å². The smallest absolute Gasteiger partial charge is 0.344 e. The molecule has 0 bridgehead atoms. The van der Waals surface area contributed by atoms with E-state index in [-0.39, 0.29) is 11.8 Å². The van der Waals surface area contributed by atoms with Crippen molar-refractivity contribution in [2.24, 2.45) is 11.0 Å². The lowest BCUT2D eigenvalue weighted by Gasteiger charge is -2.19. The molecule has 3 aromatic carbocycles. The summed E-state index contributed by atoms with van der Waals surface area (Å²) >= 11 is 0. The lowest BCUT2D eigenvalue weighted by atomic mass is 9.89. The zero-order valence-corrected chi connectivity index (χ0v) is 16.7. The molecule has 152 valence electrons. The van der Waals surface area contributed by atoms with Crippen LogP contribution in [0.2, 0.25) is 0 Å². The van der Waals surface area contributed by atoms with Gasteiger partial charge in [-0.1, -0.05) is 55.7 Å². The zero-order chi connectivity index (χ0) is 20.8. The van der Waals surface area contributed by atoms with Crippen LogP contribution in [-0.2, 0) is 4.79 Å². The van der Waals surface area contributed by atoms with Crippen LogP contribution in [0.5, 0.6) is 5.75 Å². The monoisotopic (exact) mass is 400 g/mol. The van der Waals surface area contributed by atoms with Gasteiger partial charge in [-0.05, 0) is 59.5 Å². The number of fused-ring (bicyclic) bond motifs is 1. The second kappa shape index (κ2) is 9.35. The number of carbonyl (C=O) groups excluding carboxylic acids is 2. The number of hydrazone groups is 1. The fourth-order valence-corrected chi connectivity index (χ4v) is 3.81. The Balaban J connectivity index is 1.36. The fourth-order valence-electron chi connectivity index (χ4n) is 3.81. The predicted octanol–water partition coefficient (Wildman–Crippen LogP) is 5.09. The van der Waals surface area contributed by atoms with Crippen molar-refractivity contribution in [1.29, 1.82) is 0 Å². The zero-order valence-electron chi connectivity index (χ0n) is 16.7. The maximum Gasteiger partial charge on any atom is 0.344 e. The molecule has 0 atom stereocenters. The third kappa shape index (κ3) is 4.74. The van der Waals surface area contributed by atoms with E-state index in [9.17, 15) is 9.59 Å². The molecule has 0 saturated heterocycles. The molecule has 1 fully saturated rings. The Hall–Kier alpha value is -3.47. The van der Waals surface area contributed by atoms with E-state index in [0.717, 1.165) is 42.0 Å². The van der Waals surface area contributed by atoms with E-state index < -0.39 is 5.97 Å². The normalized spacial score (nSPS) is 14.7. The van der Waals surface area contributed by atoms with Crippen molar-refractivity contribution in [3.63, 3.8) is 0 Å². The molecule has 0 spiro atoms. The first-order chi connectivity index (χ1) is 14.7. The molecule has 0 aromatic heterocycles. The molecule has 30 heavy (non-hydrogen) atoms. The quantitative estimate of drug-likeness (QED) is 0.281. The van der Waals surface area contributed by atoms with Gasteiger partial charge >= 0.3 is 5.97 Å². The Kier molecular flexibility index (Phi) is 6.18. The summed E-state index contributed by atoms with van der Waals surface area (Å²) in [5, 5.41) is 5.91. The molecule has 1 aliphatic carbocycles. The van der Waals surface area contributed by atoms with Crippen LogP contribution in [0.3, 0.4) is 0 Å². The van der Waals surface area contributed by atoms with Gasteiger partial charge in [-0.2, -0.15) is 5.10 Å². The lowest BCUT2D eigenvalue weighted by molar-refractivity contribution is -0.125. The molecular weight excluding hydrogens is 376 g/mol. The first-order valence-corrected chi connectivity index (χ1v) is 10.3. The van der Waals surface area contributed by atoms with E-state index in [4.69, 9.17) is 4.74 Å². The van der Waals surface area contributed by atoms with Gasteiger partial charge in [0.25, 0.3) is 0 Å². The fraction of sp³-hybridized carbons (Fsp3) is 0.240. The highest BCUT2D eigenvalue weighted by atomic mass is 16.5. The van der Waals surface area contributed by atoms with Gasteiger partial charge in [-0.3, -0.25) is 4.79 Å². The number of benzene rings is 3. The summed E-state index contributed by atoms with van der Waals surface area (Å²) in [7, 11) is 0. The summed E-state index contributed by atoms with van der Waals surface area (Å²) in [6, 6.07) is 20.3. The number of rotatable bonds is 5. The minimum absolute atomic E-state index is 0.00779. The minimum atomic E-state index is -0.395. The first kappa shape index (κ1) is 19.8. The largest absolute Gasteiger partial charge is 0.423 e. The Labute approximate surface area is 175 Å². The van der Waals surface area contributed by atoms with E-state index in [1.165, 1.54) is 6.42 Å². The van der Waals surface area contributed by atoms with Gasteiger partial charge in [0, 0.05) is 5.92 Å². The Morgan fingerprint density at radius 1 is 0.900 bits per heavy atom. The number of carbonyl (C=O) groups is 2. The summed E-state index contributed by atoms with van der Waals surface area (Å²) in [6.07, 6.45) is 6.92. The summed E-state index contributed by atoms with van der Waals surface area (Å²) < 4.78 is 5.53. The van der Waals surface area contributed by atoms with Crippen LogP contribution in [0.1, 0.15) is 48.0 Å². The van der Waals surface area contributed by atoms with Gasteiger partial charge in [-0.25, -0.2) is 10.2 Å². The molecule has 1 N–H and O–H groups in total. The third-order valence-corrected chi connectivity index (χ3v) is 5.46. The molecule has 5 nitrogen and oxygen atoms in total. The standard InChI is InChI=1S/C25H24N2O3/c28-24(20-8-2-1-3-9-20)27-26-17-18-13-15-21(16-14-18)30-25(29)23-12-6-10-19-7-4-5-11-22(19)23/h4-7,10-17,20H,1-3,8-9H2,(H,27,28)/b26-17+. The van der Waals surface area contributed by atoms with Crippen molar-refractivity contribution in [3.8, 4) is 5.75 Å². The van der Waals surface area contributed by atoms with Gasteiger partial charge < -0.3 is 4.74 Å². The van der Waals surface area contributed by atoms with Gasteiger partial charge in [-0.15, -0.1) is 0 Å². The molecule has 0 heterocycles. The van der Waals surface area contributed by atoms with Crippen molar-refractivity contribution >= 4 is 28.9 Å². The number of hydrogen-bond donors (Lipinski definition) is 1. The predicted molar refractivity (Wildman–Crippen MR) is 118 cm³/mol. The molecule has 1 saturated carbocycles. The van der Waals surface area contributed by atoms with E-state index >= 15 is 0 Å².